The Labute approximate surface area is 438 Å². The van der Waals surface area contributed by atoms with Crippen molar-refractivity contribution >= 4 is 11.9 Å². The molecule has 0 heterocycles. The summed E-state index contributed by atoms with van der Waals surface area (Å²) in [6, 6.07) is -0.625. The zero-order valence-electron chi connectivity index (χ0n) is 47.5. The first-order chi connectivity index (χ1) is 34.5. The Bertz CT molecular complexity index is 1050. The van der Waals surface area contributed by atoms with Gasteiger partial charge in [-0.1, -0.05) is 328 Å². The van der Waals surface area contributed by atoms with Crippen molar-refractivity contribution in [2.24, 2.45) is 0 Å². The number of allylic oxidation sites excluding steroid dienone is 1. The van der Waals surface area contributed by atoms with Crippen LogP contribution in [0.5, 0.6) is 0 Å². The van der Waals surface area contributed by atoms with E-state index in [4.69, 9.17) is 4.74 Å². The first-order valence-electron chi connectivity index (χ1n) is 32.0. The summed E-state index contributed by atoms with van der Waals surface area (Å²) >= 11 is 0. The molecule has 70 heavy (non-hydrogen) atoms. The number of hydrogen-bond acceptors (Lipinski definition) is 5. The first-order valence-corrected chi connectivity index (χ1v) is 32.0. The van der Waals surface area contributed by atoms with Crippen LogP contribution in [0.25, 0.3) is 0 Å². The summed E-state index contributed by atoms with van der Waals surface area (Å²) in [5, 5.41) is 23.1. The number of aliphatic hydroxyl groups is 2. The minimum atomic E-state index is -0.842. The van der Waals surface area contributed by atoms with E-state index in [1.807, 2.05) is 6.08 Å². The van der Waals surface area contributed by atoms with Gasteiger partial charge >= 0.3 is 5.97 Å². The predicted octanol–water partition coefficient (Wildman–Crippen LogP) is 20.0. The minimum absolute atomic E-state index is 0.0191. The summed E-state index contributed by atoms with van der Waals surface area (Å²) in [4.78, 5) is 24.5. The zero-order chi connectivity index (χ0) is 50.7. The van der Waals surface area contributed by atoms with Crippen LogP contribution in [0, 0.1) is 0 Å². The number of aliphatic hydroxyl groups excluding tert-OH is 2. The van der Waals surface area contributed by atoms with Crippen LogP contribution >= 0.6 is 0 Å². The van der Waals surface area contributed by atoms with Gasteiger partial charge in [-0.2, -0.15) is 0 Å². The van der Waals surface area contributed by atoms with Crippen LogP contribution < -0.4 is 5.32 Å². The smallest absolute Gasteiger partial charge is 0.305 e. The second-order valence-electron chi connectivity index (χ2n) is 22.1. The molecule has 0 aliphatic rings. The van der Waals surface area contributed by atoms with Crippen LogP contribution in [-0.4, -0.2) is 47.4 Å². The van der Waals surface area contributed by atoms with Gasteiger partial charge in [0.05, 0.1) is 25.4 Å². The van der Waals surface area contributed by atoms with Gasteiger partial charge < -0.3 is 20.3 Å². The summed E-state index contributed by atoms with van der Waals surface area (Å²) in [6.07, 6.45) is 72.6. The fourth-order valence-electron chi connectivity index (χ4n) is 10.2. The first kappa shape index (κ1) is 68.6. The average molecular weight is 989 g/mol. The van der Waals surface area contributed by atoms with Crippen LogP contribution in [-0.2, 0) is 14.3 Å². The summed E-state index contributed by atoms with van der Waals surface area (Å²) < 4.78 is 5.50. The average Bonchev–Trinajstić information content (AvgIpc) is 3.36. The molecular weight excluding hydrogens is 863 g/mol. The summed E-state index contributed by atoms with van der Waals surface area (Å²) in [5.41, 5.74) is 0. The molecule has 0 aliphatic carbocycles. The number of carbonyl (C=O) groups is 2. The molecule has 3 N–H and O–H groups in total. The molecule has 6 nitrogen and oxygen atoms in total. The van der Waals surface area contributed by atoms with Crippen LogP contribution in [0.1, 0.15) is 361 Å². The summed E-state index contributed by atoms with van der Waals surface area (Å²) in [7, 11) is 0. The molecule has 0 rings (SSSR count). The summed E-state index contributed by atoms with van der Waals surface area (Å²) in [5.74, 6) is -0.0462. The molecule has 1 amide bonds. The highest BCUT2D eigenvalue weighted by molar-refractivity contribution is 5.76. The number of rotatable bonds is 60. The molecule has 0 spiro atoms. The monoisotopic (exact) mass is 988 g/mol. The van der Waals surface area contributed by atoms with Crippen molar-refractivity contribution in [2.45, 2.75) is 373 Å². The van der Waals surface area contributed by atoms with E-state index in [1.54, 1.807) is 6.08 Å². The van der Waals surface area contributed by atoms with Crippen molar-refractivity contribution in [3.8, 4) is 0 Å². The minimum Gasteiger partial charge on any atom is -0.466 e. The Kier molecular flexibility index (Phi) is 59.0. The number of hydrogen-bond donors (Lipinski definition) is 3. The van der Waals surface area contributed by atoms with Gasteiger partial charge in [-0.3, -0.25) is 9.59 Å². The topological polar surface area (TPSA) is 95.9 Å². The normalized spacial score (nSPS) is 12.6. The second-order valence-corrected chi connectivity index (χ2v) is 22.1. The Morgan fingerprint density at radius 3 is 0.971 bits per heavy atom. The maximum Gasteiger partial charge on any atom is 0.305 e. The Balaban J connectivity index is 3.35. The number of nitrogens with one attached hydrogen (secondary N) is 1. The van der Waals surface area contributed by atoms with E-state index in [0.29, 0.717) is 19.4 Å². The van der Waals surface area contributed by atoms with Crippen molar-refractivity contribution in [1.29, 1.82) is 0 Å². The molecule has 0 saturated carbocycles. The highest BCUT2D eigenvalue weighted by Gasteiger charge is 2.18. The number of carbonyl (C=O) groups excluding carboxylic acids is 2. The fraction of sp³-hybridized carbons (Fsp3) is 0.938. The maximum atomic E-state index is 12.4. The Morgan fingerprint density at radius 1 is 0.386 bits per heavy atom. The third-order valence-corrected chi connectivity index (χ3v) is 15.1. The number of unbranched alkanes of at least 4 members (excludes halogenated alkanes) is 49. The SMILES string of the molecule is CCCCCCCCCCCCC/C=C/C(O)C(CO)NC(=O)CCCCCCCCCCCCCCCCCCCCCCCCCCOC(=O)CCCCCCCCCCCCCCCCCC. The molecule has 0 saturated heterocycles. The van der Waals surface area contributed by atoms with Crippen molar-refractivity contribution in [3.05, 3.63) is 12.2 Å². The molecule has 416 valence electrons. The van der Waals surface area contributed by atoms with E-state index in [1.165, 1.54) is 295 Å². The van der Waals surface area contributed by atoms with Crippen LogP contribution in [0.4, 0.5) is 0 Å². The fourth-order valence-corrected chi connectivity index (χ4v) is 10.2. The van der Waals surface area contributed by atoms with Crippen molar-refractivity contribution in [3.63, 3.8) is 0 Å². The third-order valence-electron chi connectivity index (χ3n) is 15.1. The Morgan fingerprint density at radius 2 is 0.657 bits per heavy atom. The molecule has 2 unspecified atom stereocenters. The molecule has 0 aromatic heterocycles. The lowest BCUT2D eigenvalue weighted by Crippen LogP contribution is -2.45. The van der Waals surface area contributed by atoms with Crippen molar-refractivity contribution in [2.75, 3.05) is 13.2 Å². The molecule has 2 atom stereocenters. The Hall–Kier alpha value is -1.40. The molecule has 0 aromatic carbocycles. The van der Waals surface area contributed by atoms with Gasteiger partial charge in [-0.05, 0) is 32.1 Å². The number of amides is 1. The lowest BCUT2D eigenvalue weighted by Gasteiger charge is -2.20. The largest absolute Gasteiger partial charge is 0.466 e. The third kappa shape index (κ3) is 55.9. The molecule has 0 aromatic rings. The van der Waals surface area contributed by atoms with Crippen LogP contribution in [0.15, 0.2) is 12.2 Å². The maximum absolute atomic E-state index is 12.4. The van der Waals surface area contributed by atoms with E-state index in [0.717, 1.165) is 38.5 Å². The van der Waals surface area contributed by atoms with Crippen LogP contribution in [0.2, 0.25) is 0 Å². The zero-order valence-corrected chi connectivity index (χ0v) is 47.5. The van der Waals surface area contributed by atoms with Gasteiger partial charge in [0.2, 0.25) is 5.91 Å². The van der Waals surface area contributed by atoms with Crippen LogP contribution in [0.3, 0.4) is 0 Å². The second kappa shape index (κ2) is 60.2. The molecule has 0 radical (unpaired) electrons. The lowest BCUT2D eigenvalue weighted by atomic mass is 10.0. The standard InChI is InChI=1S/C64H125NO5/c1-3-5-7-9-11-13-15-17-18-30-34-38-42-46-50-54-58-64(69)70-59-55-51-47-43-39-35-31-28-26-24-22-20-19-21-23-25-27-29-33-37-41-45-49-53-57-63(68)65-61(60-66)62(67)56-52-48-44-40-36-32-16-14-12-10-8-6-4-2/h52,56,61-62,66-67H,3-51,53-55,57-60H2,1-2H3,(H,65,68)/b56-52+. The van der Waals surface area contributed by atoms with Gasteiger partial charge in [0.25, 0.3) is 0 Å². The van der Waals surface area contributed by atoms with E-state index in [9.17, 15) is 19.8 Å². The van der Waals surface area contributed by atoms with Crippen molar-refractivity contribution < 1.29 is 24.5 Å². The molecule has 0 aliphatic heterocycles. The predicted molar refractivity (Wildman–Crippen MR) is 306 cm³/mol. The van der Waals surface area contributed by atoms with Gasteiger partial charge in [0, 0.05) is 12.8 Å². The highest BCUT2D eigenvalue weighted by Crippen LogP contribution is 2.18. The van der Waals surface area contributed by atoms with E-state index >= 15 is 0 Å². The highest BCUT2D eigenvalue weighted by atomic mass is 16.5. The number of ether oxygens (including phenoxy) is 1. The van der Waals surface area contributed by atoms with Gasteiger partial charge in [0.1, 0.15) is 0 Å². The molecule has 6 heteroatoms. The molecule has 0 fully saturated rings. The van der Waals surface area contributed by atoms with E-state index in [2.05, 4.69) is 19.2 Å². The van der Waals surface area contributed by atoms with Gasteiger partial charge in [0.15, 0.2) is 0 Å². The lowest BCUT2D eigenvalue weighted by molar-refractivity contribution is -0.143. The van der Waals surface area contributed by atoms with E-state index < -0.39 is 12.1 Å². The van der Waals surface area contributed by atoms with Crippen molar-refractivity contribution in [1.82, 2.24) is 5.32 Å². The molecular formula is C64H125NO5. The van der Waals surface area contributed by atoms with Gasteiger partial charge in [-0.25, -0.2) is 0 Å². The number of esters is 1. The quantitative estimate of drug-likeness (QED) is 0.0321. The van der Waals surface area contributed by atoms with E-state index in [-0.39, 0.29) is 18.5 Å². The molecule has 0 bridgehead atoms. The van der Waals surface area contributed by atoms with Gasteiger partial charge in [-0.15, -0.1) is 0 Å². The summed E-state index contributed by atoms with van der Waals surface area (Å²) in [6.45, 7) is 4.93.